The van der Waals surface area contributed by atoms with Gasteiger partial charge in [-0.25, -0.2) is 115 Å². The number of hydrogen-bond acceptors (Lipinski definition) is 26. The van der Waals surface area contributed by atoms with E-state index >= 15 is 0 Å². The van der Waals surface area contributed by atoms with Gasteiger partial charge in [-0.3, -0.25) is 9.59 Å². The first-order valence-corrected chi connectivity index (χ1v) is 47.4. The van der Waals surface area contributed by atoms with E-state index in [9.17, 15) is 50.6 Å². The highest BCUT2D eigenvalue weighted by Crippen LogP contribution is 2.56. The Bertz CT molecular complexity index is 6410. The number of aryl methyl sites for hydroxylation is 4. The van der Waals surface area contributed by atoms with Crippen LogP contribution in [0.5, 0.6) is 0 Å². The number of urea groups is 2. The van der Waals surface area contributed by atoms with Gasteiger partial charge in [-0.2, -0.15) is 15.3 Å². The van der Waals surface area contributed by atoms with Gasteiger partial charge < -0.3 is 60.4 Å². The maximum Gasteiger partial charge on any atom is 0.317 e. The predicted molar refractivity (Wildman–Crippen MR) is 498 cm³/mol. The topological polar surface area (TPSA) is 403 Å². The number of imidazole rings is 1. The van der Waals surface area contributed by atoms with Crippen molar-refractivity contribution < 1.29 is 60.1 Å². The molecule has 724 valence electrons. The molecule has 8 aliphatic rings. The van der Waals surface area contributed by atoms with Crippen LogP contribution in [0.4, 0.5) is 53.4 Å². The van der Waals surface area contributed by atoms with Crippen molar-refractivity contribution in [2.45, 2.75) is 202 Å². The van der Waals surface area contributed by atoms with E-state index in [2.05, 4.69) is 107 Å². The van der Waals surface area contributed by atoms with E-state index in [1.54, 1.807) is 96.1 Å². The number of pyridine rings is 4. The second-order valence-electron chi connectivity index (χ2n) is 37.1. The summed E-state index contributed by atoms with van der Waals surface area (Å²) >= 11 is 12.2. The van der Waals surface area contributed by atoms with E-state index in [0.717, 1.165) is 159 Å². The fraction of sp³-hybridized carbons (Fsp3) is 0.511. The summed E-state index contributed by atoms with van der Waals surface area (Å²) in [7, 11) is 12.0. The summed E-state index contributed by atoms with van der Waals surface area (Å²) in [6, 6.07) is 5.85. The van der Waals surface area contributed by atoms with Crippen LogP contribution in [0.3, 0.4) is 0 Å². The van der Waals surface area contributed by atoms with Crippen molar-refractivity contribution in [3.05, 3.63) is 160 Å². The summed E-state index contributed by atoms with van der Waals surface area (Å²) in [6.45, 7) is 2.49. The zero-order valence-electron chi connectivity index (χ0n) is 77.1. The van der Waals surface area contributed by atoms with Gasteiger partial charge in [0.15, 0.2) is 69.3 Å². The molecule has 2 saturated heterocycles. The number of amides is 5. The number of methoxy groups -OCH3 is 2. The molecular formula is C94H110Cl2F6N28O7. The standard InChI is InChI=1S/C24H27F2N7O.C24H27F2N5O2.2C23H28ClFN8O2/c1-32-12-18(17-8-15(25)9-29-23(17)32)22-28-10-19(26)20(31-22)7-14-4-3-5-16(6-14)30-24(34)21-11-27-13-33(21)2;1-31-22-16(10-14(25)12-28-22)20(30-31)21-27-13-18(26)19(29-21)11-17-15(23(32)33-2)6-5-9-24(17)7-3-4-8-24;1-32-22-17(8-13(24)10-27-22)19(31-32)21-26-11-18(25)20(30-21)28-14-4-3-5-15(9-14)29-23(34)33-7-6-16(12-33)35-2;1-32-22-17(8-13(24)10-27-22)19(31-32)21-26-11-18(25)20(30-21)28-14-4-2-5-15(9-14)29-23(35)33-7-3-6-16(33)12-34/h8-11,13-14,16,18H,3-7,12H2,1-2H3,(H,30,34);10,12-13,15,17H,3-9,11H2,1-2H3;8,10-11,14-16H,3-7,9,12H2,1-2H3,(H,29,34)(H,26,28,30);8,10-11,14-16,34H,2-7,9,12H2,1H3,(H,29,35)(H,26,28,30)/t14?,16-,18?;;14-,15+,16?;14-,15+,16-/m1.00/s1. The summed E-state index contributed by atoms with van der Waals surface area (Å²) in [5.74, 6) is -1.55. The van der Waals surface area contributed by atoms with Crippen molar-refractivity contribution in [1.82, 2.24) is 124 Å². The van der Waals surface area contributed by atoms with Crippen LogP contribution in [0.2, 0.25) is 10.0 Å². The fourth-order valence-corrected chi connectivity index (χ4v) is 21.5. The molecule has 5 aliphatic carbocycles. The summed E-state index contributed by atoms with van der Waals surface area (Å²) in [6.07, 6.45) is 33.9. The number of aliphatic hydroxyl groups is 1. The van der Waals surface area contributed by atoms with Crippen LogP contribution in [0.25, 0.3) is 67.7 Å². The molecule has 5 saturated carbocycles. The number of esters is 1. The summed E-state index contributed by atoms with van der Waals surface area (Å²) in [5, 5.41) is 41.4. The molecule has 3 aliphatic heterocycles. The van der Waals surface area contributed by atoms with E-state index in [0.29, 0.717) is 135 Å². The van der Waals surface area contributed by atoms with Gasteiger partial charge in [0.1, 0.15) is 46.1 Å². The smallest absolute Gasteiger partial charge is 0.317 e. The molecule has 20 rings (SSSR count). The van der Waals surface area contributed by atoms with Gasteiger partial charge in [-0.05, 0) is 170 Å². The van der Waals surface area contributed by atoms with Crippen LogP contribution in [-0.2, 0) is 55.3 Å². The molecule has 7 fully saturated rings. The first-order chi connectivity index (χ1) is 66.1. The Kier molecular flexibility index (Phi) is 29.6. The fourth-order valence-electron chi connectivity index (χ4n) is 21.2. The summed E-state index contributed by atoms with van der Waals surface area (Å²) in [5.41, 5.74) is 4.92. The molecule has 11 atom stereocenters. The Morgan fingerprint density at radius 2 is 1.04 bits per heavy atom. The van der Waals surface area contributed by atoms with E-state index < -0.39 is 34.9 Å². The molecule has 1 spiro atoms. The summed E-state index contributed by atoms with van der Waals surface area (Å²) < 4.78 is 104. The minimum atomic E-state index is -0.556. The van der Waals surface area contributed by atoms with Crippen molar-refractivity contribution in [3.63, 3.8) is 0 Å². The number of carbonyl (C=O) groups excluding carboxylic acids is 4. The number of nitrogens with one attached hydrogen (secondary N) is 5. The Morgan fingerprint density at radius 3 is 1.63 bits per heavy atom. The number of aromatic nitrogens is 20. The molecule has 6 N–H and O–H groups in total. The summed E-state index contributed by atoms with van der Waals surface area (Å²) in [4.78, 5) is 112. The lowest BCUT2D eigenvalue weighted by Gasteiger charge is -2.45. The third-order valence-corrected chi connectivity index (χ3v) is 28.4. The van der Waals surface area contributed by atoms with Gasteiger partial charge in [0, 0.05) is 117 Å². The Morgan fingerprint density at radius 1 is 0.511 bits per heavy atom. The SMILES string of the molecule is CN1CC(c2ncc(F)c(CC3CCC[C@@H](NC(=O)c4cncn4C)C3)n2)c2cc(F)cnc21.COC(=O)C1CCCC2(CCCC2)C1Cc1nc(-c2nn(C)c3ncc(F)cc23)ncc1F.COC1CCN(C(=O)N[C@@H]2CCC[C@H](Nc3nc(-c4nn(C)c5ncc(Cl)cc45)ncc3F)C2)C1.Cn1nc(-c2ncc(F)c(N[C@H]3CCC[C@@H](NC(=O)N4CCC[C@H]4CO)C3)n2)c2cc(Cl)cnc21. The highest BCUT2D eigenvalue weighted by Gasteiger charge is 2.50. The van der Waals surface area contributed by atoms with Gasteiger partial charge in [0.2, 0.25) is 0 Å². The van der Waals surface area contributed by atoms with Crippen molar-refractivity contribution in [2.75, 3.05) is 69.6 Å². The second-order valence-corrected chi connectivity index (χ2v) is 37.9. The van der Waals surface area contributed by atoms with Crippen molar-refractivity contribution in [1.29, 1.82) is 0 Å². The van der Waals surface area contributed by atoms with Gasteiger partial charge in [-0.15, -0.1) is 0 Å². The molecule has 137 heavy (non-hydrogen) atoms. The number of ether oxygens (including phenoxy) is 2. The van der Waals surface area contributed by atoms with E-state index in [1.807, 2.05) is 11.9 Å². The molecule has 12 aromatic heterocycles. The van der Waals surface area contributed by atoms with E-state index in [4.69, 9.17) is 32.7 Å². The highest BCUT2D eigenvalue weighted by molar-refractivity contribution is 6.31. The highest BCUT2D eigenvalue weighted by atomic mass is 35.5. The minimum Gasteiger partial charge on any atom is -0.469 e. The van der Waals surface area contributed by atoms with Crippen molar-refractivity contribution in [3.8, 4) is 34.6 Å². The van der Waals surface area contributed by atoms with Crippen molar-refractivity contribution in [2.24, 2.45) is 51.4 Å². The number of likely N-dealkylation sites (N-methyl/N-ethyl adjacent to an activating group) is 1. The van der Waals surface area contributed by atoms with Crippen molar-refractivity contribution >= 4 is 97.7 Å². The molecule has 5 amide bonds. The molecular weight excluding hydrogens is 1820 g/mol. The normalized spacial score (nSPS) is 22.3. The third-order valence-electron chi connectivity index (χ3n) is 28.0. The number of aliphatic hydroxyl groups excluding tert-OH is 1. The number of hydrogen-bond donors (Lipinski definition) is 6. The molecule has 0 radical (unpaired) electrons. The molecule has 15 heterocycles. The lowest BCUT2D eigenvalue weighted by Crippen LogP contribution is -2.50. The largest absolute Gasteiger partial charge is 0.469 e. The van der Waals surface area contributed by atoms with Crippen LogP contribution in [-0.4, -0.2) is 234 Å². The Hall–Kier alpha value is -12.5. The number of likely N-dealkylation sites (tertiary alicyclic amines) is 2. The maximum atomic E-state index is 15.0. The number of halogens is 8. The second kappa shape index (κ2) is 42.2. The van der Waals surface area contributed by atoms with Crippen LogP contribution >= 0.6 is 23.2 Å². The van der Waals surface area contributed by atoms with Crippen LogP contribution < -0.4 is 31.5 Å². The van der Waals surface area contributed by atoms with E-state index in [1.165, 1.54) is 36.3 Å². The molecule has 35 nitrogen and oxygen atoms in total. The van der Waals surface area contributed by atoms with Gasteiger partial charge >= 0.3 is 18.0 Å². The number of carbonyl (C=O) groups is 4. The first kappa shape index (κ1) is 96.2. The number of anilines is 3. The lowest BCUT2D eigenvalue weighted by molar-refractivity contribution is -0.152. The monoisotopic (exact) mass is 1930 g/mol. The number of fused-ring (bicyclic) bond motifs is 4. The maximum absolute atomic E-state index is 15.0. The minimum absolute atomic E-state index is 0.00710. The quantitative estimate of drug-likeness (QED) is 0.0323. The predicted octanol–water partition coefficient (Wildman–Crippen LogP) is 13.9. The van der Waals surface area contributed by atoms with Gasteiger partial charge in [-0.1, -0.05) is 48.9 Å². The van der Waals surface area contributed by atoms with Gasteiger partial charge in [0.25, 0.3) is 5.91 Å². The number of nitrogens with zero attached hydrogens (tertiary/aromatic N) is 23. The average Bonchev–Trinajstić information content (AvgIpc) is 1.72. The van der Waals surface area contributed by atoms with Crippen LogP contribution in [0.1, 0.15) is 180 Å². The zero-order valence-corrected chi connectivity index (χ0v) is 78.7. The average molecular weight is 1930 g/mol. The zero-order chi connectivity index (χ0) is 96.0. The van der Waals surface area contributed by atoms with Gasteiger partial charge in [0.05, 0.1) is 125 Å². The molecule has 0 bridgehead atoms. The van der Waals surface area contributed by atoms with Crippen LogP contribution in [0.15, 0.2) is 86.4 Å². The Balaban J connectivity index is 0.000000127. The first-order valence-electron chi connectivity index (χ1n) is 46.7. The Labute approximate surface area is 795 Å². The molecule has 5 unspecified atom stereocenters. The molecule has 12 aromatic rings. The van der Waals surface area contributed by atoms with Crippen LogP contribution in [0, 0.1) is 58.1 Å². The third kappa shape index (κ3) is 21.6. The van der Waals surface area contributed by atoms with E-state index in [-0.39, 0.29) is 137 Å². The lowest BCUT2D eigenvalue weighted by atomic mass is 9.59. The number of rotatable bonds is 19. The molecule has 0 aromatic carbocycles. The molecule has 43 heteroatoms.